The number of aliphatic hydroxyl groups excluding tert-OH is 20. The molecule has 33 nitrogen and oxygen atoms in total. The molecule has 0 amide bonds. The molecule has 97 heavy (non-hydrogen) atoms. The van der Waals surface area contributed by atoms with E-state index in [1.54, 1.807) is 6.92 Å². The van der Waals surface area contributed by atoms with Gasteiger partial charge in [-0.3, -0.25) is 4.79 Å². The molecule has 0 radical (unpaired) electrons. The van der Waals surface area contributed by atoms with Gasteiger partial charge in [0.15, 0.2) is 37.6 Å². The van der Waals surface area contributed by atoms with E-state index in [4.69, 9.17) is 56.8 Å². The van der Waals surface area contributed by atoms with Crippen LogP contribution < -0.4 is 0 Å². The number of rotatable bonds is 23. The second-order valence-electron chi connectivity index (χ2n) is 29.4. The van der Waals surface area contributed by atoms with Crippen molar-refractivity contribution in [2.45, 2.75) is 289 Å². The van der Waals surface area contributed by atoms with Crippen molar-refractivity contribution < 1.29 is 164 Å². The summed E-state index contributed by atoms with van der Waals surface area (Å²) in [4.78, 5) is 14.5. The summed E-state index contributed by atoms with van der Waals surface area (Å²) in [6, 6.07) is 0. The van der Waals surface area contributed by atoms with Gasteiger partial charge in [-0.2, -0.15) is 0 Å². The van der Waals surface area contributed by atoms with Crippen LogP contribution >= 0.6 is 0 Å². The number of ether oxygens (including phenoxy) is 12. The molecule has 9 fully saturated rings. The minimum absolute atomic E-state index is 0.0509. The van der Waals surface area contributed by atoms with E-state index in [0.717, 1.165) is 44.9 Å². The molecule has 0 aromatic rings. The summed E-state index contributed by atoms with van der Waals surface area (Å²) in [7, 11) is 0. The number of hydrogen-bond acceptors (Lipinski definition) is 33. The third-order valence-electron chi connectivity index (χ3n) is 23.8. The van der Waals surface area contributed by atoms with Crippen LogP contribution in [-0.4, -0.2) is 338 Å². The van der Waals surface area contributed by atoms with E-state index in [1.165, 1.54) is 5.57 Å². The molecule has 0 aromatic heterocycles. The van der Waals surface area contributed by atoms with Crippen LogP contribution in [0.5, 0.6) is 0 Å². The highest BCUT2D eigenvalue weighted by Gasteiger charge is 2.61. The van der Waals surface area contributed by atoms with E-state index in [-0.39, 0.29) is 28.8 Å². The molecular formula is C64H106O33. The minimum atomic E-state index is -2.17. The standard InChI is InChI=1S/C64H106O33/c1-23(6-7-24(2)29-10-11-30-28-9-8-26-16-27(12-14-63(26,4)31(28)13-15-64(29,30)5)87-58-48(80)42(74)38(70)32(17-65)88-58)25(3)56(85)97-62-55(96-61-52(84)47(79)54(36(21-69)92-61)95-60-50(82)44(76)40(72)34(19-67)90-60)45(77)41(73)37(93-62)22-86-57-51(83)46(78)53(35(20-68)91-57)94-59-49(81)43(75)39(71)33(18-66)89-59/h8,23-25,27-55,57-62,65-84H,6-7,9-22H2,1-5H3/t23-,24-,25-,27+,28+,29+,30+,31-,32+,33+,34+,35+,36+,37+,38+,39+,40+,41+,42-,43-,44-,45-,46+,47+,48+,49+,50+,51+,52+,53+,54+,55+,57+,58+,59-,60-,61-,62-,63+,64+/m1/s1. The predicted molar refractivity (Wildman–Crippen MR) is 321 cm³/mol. The van der Waals surface area contributed by atoms with Crippen molar-refractivity contribution >= 4 is 5.97 Å². The molecule has 6 aliphatic heterocycles. The number of esters is 1. The summed E-state index contributed by atoms with van der Waals surface area (Å²) in [6.07, 6.45) is -42.7. The average Bonchev–Trinajstić information content (AvgIpc) is 1.68. The maximum absolute atomic E-state index is 14.5. The first kappa shape index (κ1) is 77.6. The molecule has 40 atom stereocenters. The van der Waals surface area contributed by atoms with Crippen molar-refractivity contribution in [2.75, 3.05) is 39.6 Å². The fourth-order valence-electron chi connectivity index (χ4n) is 17.5. The van der Waals surface area contributed by atoms with Crippen LogP contribution in [0.15, 0.2) is 11.6 Å². The quantitative estimate of drug-likeness (QED) is 0.0334. The lowest BCUT2D eigenvalue weighted by atomic mass is 9.47. The van der Waals surface area contributed by atoms with Crippen LogP contribution in [0.2, 0.25) is 0 Å². The van der Waals surface area contributed by atoms with Gasteiger partial charge in [-0.1, -0.05) is 52.7 Å². The van der Waals surface area contributed by atoms with Crippen molar-refractivity contribution in [1.29, 1.82) is 0 Å². The van der Waals surface area contributed by atoms with Gasteiger partial charge in [0.05, 0.1) is 51.7 Å². The van der Waals surface area contributed by atoms with Gasteiger partial charge in [0, 0.05) is 0 Å². The molecule has 10 rings (SSSR count). The van der Waals surface area contributed by atoms with Gasteiger partial charge in [0.1, 0.15) is 140 Å². The van der Waals surface area contributed by atoms with Crippen LogP contribution in [0, 0.1) is 52.3 Å². The van der Waals surface area contributed by atoms with Crippen molar-refractivity contribution in [2.24, 2.45) is 52.3 Å². The van der Waals surface area contributed by atoms with E-state index >= 15 is 0 Å². The Morgan fingerprint density at radius 2 is 0.897 bits per heavy atom. The van der Waals surface area contributed by atoms with Gasteiger partial charge in [-0.25, -0.2) is 0 Å². The number of carbonyl (C=O) groups is 1. The first-order chi connectivity index (χ1) is 46.0. The smallest absolute Gasteiger partial charge is 0.311 e. The first-order valence-corrected chi connectivity index (χ1v) is 34.3. The van der Waals surface area contributed by atoms with E-state index < -0.39 is 236 Å². The number of fused-ring (bicyclic) bond motifs is 5. The minimum Gasteiger partial charge on any atom is -0.432 e. The van der Waals surface area contributed by atoms with Crippen LogP contribution in [0.4, 0.5) is 0 Å². The zero-order valence-electron chi connectivity index (χ0n) is 55.1. The zero-order chi connectivity index (χ0) is 70.6. The Labute approximate surface area is 560 Å². The maximum Gasteiger partial charge on any atom is 0.311 e. The lowest BCUT2D eigenvalue weighted by molar-refractivity contribution is -0.385. The average molecular weight is 1400 g/mol. The molecule has 560 valence electrons. The fraction of sp³-hybridized carbons (Fsp3) is 0.953. The highest BCUT2D eigenvalue weighted by Crippen LogP contribution is 2.67. The highest BCUT2D eigenvalue weighted by molar-refractivity contribution is 5.72. The predicted octanol–water partition coefficient (Wildman–Crippen LogP) is -6.92. The summed E-state index contributed by atoms with van der Waals surface area (Å²) >= 11 is 0. The third-order valence-corrected chi connectivity index (χ3v) is 23.8. The van der Waals surface area contributed by atoms with E-state index in [2.05, 4.69) is 26.8 Å². The molecule has 6 saturated heterocycles. The summed E-state index contributed by atoms with van der Waals surface area (Å²) in [5.41, 5.74) is 1.32. The van der Waals surface area contributed by atoms with Crippen molar-refractivity contribution in [1.82, 2.24) is 0 Å². The van der Waals surface area contributed by atoms with Crippen molar-refractivity contribution in [3.63, 3.8) is 0 Å². The highest BCUT2D eigenvalue weighted by atomic mass is 16.8. The normalized spacial score (nSPS) is 51.3. The molecule has 20 N–H and O–H groups in total. The molecule has 0 aromatic carbocycles. The van der Waals surface area contributed by atoms with E-state index in [1.807, 2.05) is 6.92 Å². The molecular weight excluding hydrogens is 1300 g/mol. The van der Waals surface area contributed by atoms with Crippen LogP contribution in [-0.2, 0) is 61.6 Å². The maximum atomic E-state index is 14.5. The molecule has 6 heterocycles. The van der Waals surface area contributed by atoms with Crippen LogP contribution in [0.25, 0.3) is 0 Å². The zero-order valence-corrected chi connectivity index (χ0v) is 55.1. The van der Waals surface area contributed by atoms with Crippen LogP contribution in [0.1, 0.15) is 98.8 Å². The van der Waals surface area contributed by atoms with Gasteiger partial charge in [-0.05, 0) is 104 Å². The van der Waals surface area contributed by atoms with Gasteiger partial charge >= 0.3 is 5.97 Å². The summed E-state index contributed by atoms with van der Waals surface area (Å²) in [5.74, 6) is -0.0281. The van der Waals surface area contributed by atoms with Gasteiger partial charge in [0.25, 0.3) is 0 Å². The molecule has 10 aliphatic rings. The summed E-state index contributed by atoms with van der Waals surface area (Å²) in [6.45, 7) is 5.64. The molecule has 0 unspecified atom stereocenters. The molecule has 0 spiro atoms. The first-order valence-electron chi connectivity index (χ1n) is 34.3. The monoisotopic (exact) mass is 1400 g/mol. The van der Waals surface area contributed by atoms with Crippen LogP contribution in [0.3, 0.4) is 0 Å². The number of hydrogen-bond donors (Lipinski definition) is 20. The van der Waals surface area contributed by atoms with Crippen molar-refractivity contribution in [3.8, 4) is 0 Å². The molecule has 33 heteroatoms. The largest absolute Gasteiger partial charge is 0.432 e. The lowest BCUT2D eigenvalue weighted by Crippen LogP contribution is -2.67. The number of aliphatic hydroxyl groups is 20. The van der Waals surface area contributed by atoms with E-state index in [0.29, 0.717) is 42.9 Å². The Morgan fingerprint density at radius 1 is 0.464 bits per heavy atom. The second kappa shape index (κ2) is 32.1. The molecule has 3 saturated carbocycles. The van der Waals surface area contributed by atoms with Crippen molar-refractivity contribution in [3.05, 3.63) is 11.6 Å². The second-order valence-corrected chi connectivity index (χ2v) is 29.4. The Bertz CT molecular complexity index is 2550. The topological polar surface area (TPSA) is 532 Å². The van der Waals surface area contributed by atoms with Gasteiger partial charge in [0.2, 0.25) is 6.29 Å². The molecule has 4 aliphatic carbocycles. The van der Waals surface area contributed by atoms with E-state index in [9.17, 15) is 107 Å². The summed E-state index contributed by atoms with van der Waals surface area (Å²) < 4.78 is 69.6. The SMILES string of the molecule is C[C@H](CC[C@@H](C)[C@@H]1CC[C@H]2[C@@H]3CC=C4C[C@@H](O[C@H]5O[C@@H](CO)[C@H](O)[C@@H](O)[C@@H]5O)CC[C@]4(C)[C@@H]3CC[C@]21C)[C@@H](C)C(=O)O[C@H]1O[C@@H](CO[C@H]2O[C@@H](CO)[C@H](O[C@H]3O[C@@H](CO)[C@H](O)[C@@H](O)[C@@H]3O)[C@@H](O)[C@@H]2O)[C@H](O)[C@@H](O)[C@@H]1O[C@H]1O[C@@H](CO)[C@H](O[C@H]2O[C@@H](CO)[C@H](O)[C@@H](O)[C@@H]2O)[C@@H](O)[C@@H]1O. The lowest BCUT2D eigenvalue weighted by Gasteiger charge is -2.58. The Hall–Kier alpha value is -2.03. The Balaban J connectivity index is 0.789. The van der Waals surface area contributed by atoms with Gasteiger partial charge in [-0.15, -0.1) is 0 Å². The summed E-state index contributed by atoms with van der Waals surface area (Å²) in [5, 5.41) is 213. The van der Waals surface area contributed by atoms with Gasteiger partial charge < -0.3 is 159 Å². The Morgan fingerprint density at radius 3 is 1.41 bits per heavy atom. The Kier molecular flexibility index (Phi) is 25.7. The molecule has 0 bridgehead atoms. The third kappa shape index (κ3) is 15.3. The number of allylic oxidation sites excluding steroid dienone is 1. The number of carbonyl (C=O) groups excluding carboxylic acids is 1. The fourth-order valence-corrected chi connectivity index (χ4v) is 17.5.